The van der Waals surface area contributed by atoms with E-state index in [0.29, 0.717) is 12.4 Å². The number of nitrogens with one attached hydrogen (secondary N) is 1. The van der Waals surface area contributed by atoms with Gasteiger partial charge in [-0.05, 0) is 25.5 Å². The first-order valence-corrected chi connectivity index (χ1v) is 8.08. The molecule has 1 amide bonds. The molecule has 0 aliphatic heterocycles. The average Bonchev–Trinajstić information content (AvgIpc) is 2.93. The second-order valence-corrected chi connectivity index (χ2v) is 5.60. The van der Waals surface area contributed by atoms with Crippen LogP contribution in [0.3, 0.4) is 0 Å². The number of hydrogen-bond acceptors (Lipinski definition) is 5. The molecule has 0 bridgehead atoms. The summed E-state index contributed by atoms with van der Waals surface area (Å²) in [7, 11) is 1.62. The zero-order valence-corrected chi connectivity index (χ0v) is 13.8. The number of carbonyl (C=O) groups is 1. The second kappa shape index (κ2) is 7.84. The molecule has 0 aliphatic rings. The smallest absolute Gasteiger partial charge is 0.230 e. The average molecular weight is 320 g/mol. The van der Waals surface area contributed by atoms with Crippen molar-refractivity contribution in [3.63, 3.8) is 0 Å². The molecule has 1 heterocycles. The molecule has 0 radical (unpaired) electrons. The summed E-state index contributed by atoms with van der Waals surface area (Å²) < 4.78 is 7.78. The van der Waals surface area contributed by atoms with Gasteiger partial charge >= 0.3 is 0 Å². The molecule has 2 rings (SSSR count). The number of amides is 1. The Kier molecular flexibility index (Phi) is 5.83. The van der Waals surface area contributed by atoms with E-state index < -0.39 is 0 Å². The molecule has 22 heavy (non-hydrogen) atoms. The molecule has 0 atom stereocenters. The van der Waals surface area contributed by atoms with Crippen molar-refractivity contribution in [3.8, 4) is 5.75 Å². The van der Waals surface area contributed by atoms with Gasteiger partial charge in [0, 0.05) is 13.6 Å². The van der Waals surface area contributed by atoms with Crippen LogP contribution >= 0.6 is 11.8 Å². The van der Waals surface area contributed by atoms with Gasteiger partial charge in [0.1, 0.15) is 12.4 Å². The van der Waals surface area contributed by atoms with Gasteiger partial charge in [-0.15, -0.1) is 10.2 Å². The molecular formula is C15H20N4O2S. The van der Waals surface area contributed by atoms with Gasteiger partial charge in [0.25, 0.3) is 0 Å². The zero-order valence-electron chi connectivity index (χ0n) is 13.0. The van der Waals surface area contributed by atoms with Crippen LogP contribution in [0.5, 0.6) is 5.75 Å². The van der Waals surface area contributed by atoms with Crippen molar-refractivity contribution in [2.24, 2.45) is 0 Å². The maximum absolute atomic E-state index is 11.3. The highest BCUT2D eigenvalue weighted by Gasteiger charge is 2.13. The van der Waals surface area contributed by atoms with E-state index in [9.17, 15) is 4.79 Å². The Hall–Kier alpha value is -2.02. The summed E-state index contributed by atoms with van der Waals surface area (Å²) in [5, 5.41) is 11.6. The monoisotopic (exact) mass is 320 g/mol. The van der Waals surface area contributed by atoms with Crippen LogP contribution < -0.4 is 10.1 Å². The number of thioether (sulfide) groups is 1. The molecule has 1 N–H and O–H groups in total. The number of aryl methyl sites for hydroxylation is 1. The second-order valence-electron chi connectivity index (χ2n) is 4.66. The number of carbonyl (C=O) groups excluding carboxylic acids is 1. The Morgan fingerprint density at radius 2 is 2.14 bits per heavy atom. The van der Waals surface area contributed by atoms with Gasteiger partial charge in [-0.3, -0.25) is 4.79 Å². The van der Waals surface area contributed by atoms with Crippen LogP contribution in [0, 0.1) is 6.92 Å². The molecular weight excluding hydrogens is 300 g/mol. The Balaban J connectivity index is 2.04. The van der Waals surface area contributed by atoms with Gasteiger partial charge in [-0.2, -0.15) is 0 Å². The molecule has 0 unspecified atom stereocenters. The third-order valence-corrected chi connectivity index (χ3v) is 4.14. The molecule has 0 spiro atoms. The highest BCUT2D eigenvalue weighted by molar-refractivity contribution is 7.99. The molecule has 1 aromatic carbocycles. The maximum Gasteiger partial charge on any atom is 0.230 e. The van der Waals surface area contributed by atoms with Crippen molar-refractivity contribution < 1.29 is 9.53 Å². The maximum atomic E-state index is 11.3. The zero-order chi connectivity index (χ0) is 15.9. The van der Waals surface area contributed by atoms with Crippen molar-refractivity contribution in [2.45, 2.75) is 32.2 Å². The molecule has 1 aromatic heterocycles. The highest BCUT2D eigenvalue weighted by Crippen LogP contribution is 2.20. The van der Waals surface area contributed by atoms with Gasteiger partial charge in [0.2, 0.25) is 5.91 Å². The number of rotatable bonds is 7. The topological polar surface area (TPSA) is 69.0 Å². The fourth-order valence-electron chi connectivity index (χ4n) is 1.91. The summed E-state index contributed by atoms with van der Waals surface area (Å²) in [6.07, 6.45) is 0. The van der Waals surface area contributed by atoms with Crippen LogP contribution in [-0.4, -0.2) is 33.5 Å². The SMILES string of the molecule is CCn1c(COc2ccccc2C)nnc1SCC(=O)NC. The van der Waals surface area contributed by atoms with E-state index in [1.165, 1.54) is 11.8 Å². The summed E-state index contributed by atoms with van der Waals surface area (Å²) in [5.74, 6) is 1.89. The Labute approximate surface area is 134 Å². The van der Waals surface area contributed by atoms with E-state index in [1.54, 1.807) is 7.05 Å². The van der Waals surface area contributed by atoms with Crippen LogP contribution in [0.15, 0.2) is 29.4 Å². The molecule has 7 heteroatoms. The first-order chi connectivity index (χ1) is 10.7. The molecule has 0 fully saturated rings. The van der Waals surface area contributed by atoms with Crippen molar-refractivity contribution in [3.05, 3.63) is 35.7 Å². The number of para-hydroxylation sites is 1. The summed E-state index contributed by atoms with van der Waals surface area (Å²) >= 11 is 1.37. The van der Waals surface area contributed by atoms with Crippen molar-refractivity contribution in [1.82, 2.24) is 20.1 Å². The Morgan fingerprint density at radius 3 is 2.82 bits per heavy atom. The molecule has 118 valence electrons. The van der Waals surface area contributed by atoms with Gasteiger partial charge in [-0.1, -0.05) is 30.0 Å². The summed E-state index contributed by atoms with van der Waals surface area (Å²) in [4.78, 5) is 11.3. The summed E-state index contributed by atoms with van der Waals surface area (Å²) in [6, 6.07) is 7.86. The van der Waals surface area contributed by atoms with E-state index >= 15 is 0 Å². The standard InChI is InChI=1S/C15H20N4O2S/c1-4-19-13(9-21-12-8-6-5-7-11(12)2)17-18-15(19)22-10-14(20)16-3/h5-8H,4,9-10H2,1-3H3,(H,16,20). The van der Waals surface area contributed by atoms with Gasteiger partial charge in [0.15, 0.2) is 11.0 Å². The Bertz CT molecular complexity index is 642. The lowest BCUT2D eigenvalue weighted by molar-refractivity contribution is -0.118. The third kappa shape index (κ3) is 4.00. The predicted molar refractivity (Wildman–Crippen MR) is 86.0 cm³/mol. The lowest BCUT2D eigenvalue weighted by Gasteiger charge is -2.10. The number of ether oxygens (including phenoxy) is 1. The van der Waals surface area contributed by atoms with E-state index in [4.69, 9.17) is 4.74 Å². The molecule has 6 nitrogen and oxygen atoms in total. The fourth-order valence-corrected chi connectivity index (χ4v) is 2.81. The normalized spacial score (nSPS) is 10.5. The van der Waals surface area contributed by atoms with Gasteiger partial charge in [0.05, 0.1) is 5.75 Å². The van der Waals surface area contributed by atoms with Gasteiger partial charge in [-0.25, -0.2) is 0 Å². The van der Waals surface area contributed by atoms with E-state index in [0.717, 1.165) is 28.8 Å². The number of aromatic nitrogens is 3. The summed E-state index contributed by atoms with van der Waals surface area (Å²) in [6.45, 7) is 5.11. The number of nitrogens with zero attached hydrogens (tertiary/aromatic N) is 3. The number of benzene rings is 1. The van der Waals surface area contributed by atoms with E-state index in [2.05, 4.69) is 15.5 Å². The lowest BCUT2D eigenvalue weighted by atomic mass is 10.2. The molecule has 0 aliphatic carbocycles. The minimum absolute atomic E-state index is 0.0339. The summed E-state index contributed by atoms with van der Waals surface area (Å²) in [5.41, 5.74) is 1.08. The van der Waals surface area contributed by atoms with Crippen molar-refractivity contribution >= 4 is 17.7 Å². The minimum atomic E-state index is -0.0339. The lowest BCUT2D eigenvalue weighted by Crippen LogP contribution is -2.20. The van der Waals surface area contributed by atoms with Crippen LogP contribution in [0.2, 0.25) is 0 Å². The van der Waals surface area contributed by atoms with Crippen LogP contribution in [0.4, 0.5) is 0 Å². The van der Waals surface area contributed by atoms with E-state index in [-0.39, 0.29) is 5.91 Å². The minimum Gasteiger partial charge on any atom is -0.485 e. The van der Waals surface area contributed by atoms with Crippen LogP contribution in [-0.2, 0) is 17.9 Å². The highest BCUT2D eigenvalue weighted by atomic mass is 32.2. The molecule has 2 aromatic rings. The quantitative estimate of drug-likeness (QED) is 0.791. The number of hydrogen-bond donors (Lipinski definition) is 1. The Morgan fingerprint density at radius 1 is 1.36 bits per heavy atom. The molecule has 0 saturated carbocycles. The van der Waals surface area contributed by atoms with Gasteiger partial charge < -0.3 is 14.6 Å². The predicted octanol–water partition coefficient (Wildman–Crippen LogP) is 2.02. The first-order valence-electron chi connectivity index (χ1n) is 7.09. The largest absolute Gasteiger partial charge is 0.485 e. The first kappa shape index (κ1) is 16.4. The van der Waals surface area contributed by atoms with Crippen molar-refractivity contribution in [2.75, 3.05) is 12.8 Å². The van der Waals surface area contributed by atoms with Crippen LogP contribution in [0.25, 0.3) is 0 Å². The third-order valence-electron chi connectivity index (χ3n) is 3.17. The van der Waals surface area contributed by atoms with E-state index in [1.807, 2.05) is 42.7 Å². The van der Waals surface area contributed by atoms with Crippen molar-refractivity contribution in [1.29, 1.82) is 0 Å². The fraction of sp³-hybridized carbons (Fsp3) is 0.400. The molecule has 0 saturated heterocycles. The van der Waals surface area contributed by atoms with Crippen LogP contribution in [0.1, 0.15) is 18.3 Å².